The molecule has 2 aliphatic rings. The second-order valence-corrected chi connectivity index (χ2v) is 5.55. The maximum absolute atomic E-state index is 5.43. The largest absolute Gasteiger partial charge is 0.379 e. The van der Waals surface area contributed by atoms with Gasteiger partial charge in [0.1, 0.15) is 0 Å². The molecule has 0 N–H and O–H groups in total. The van der Waals surface area contributed by atoms with E-state index >= 15 is 0 Å². The standard InChI is InChI=1S/C14H28N2O/c1-3-4-13(2)15-7-5-14(6-8-15)16-9-11-17-12-10-16/h13-14H,3-12H2,1-2H3. The van der Waals surface area contributed by atoms with Crippen LogP contribution in [0.4, 0.5) is 0 Å². The van der Waals surface area contributed by atoms with Crippen molar-refractivity contribution in [2.24, 2.45) is 0 Å². The normalized spacial score (nSPS) is 27.2. The summed E-state index contributed by atoms with van der Waals surface area (Å²) in [4.78, 5) is 5.33. The Labute approximate surface area is 106 Å². The summed E-state index contributed by atoms with van der Waals surface area (Å²) in [6.45, 7) is 11.4. The third kappa shape index (κ3) is 3.67. The molecule has 0 aromatic heterocycles. The minimum atomic E-state index is 0.783. The fraction of sp³-hybridized carbons (Fsp3) is 1.00. The van der Waals surface area contributed by atoms with Crippen LogP contribution in [0.5, 0.6) is 0 Å². The lowest BCUT2D eigenvalue weighted by atomic mass is 10.00. The monoisotopic (exact) mass is 240 g/mol. The second-order valence-electron chi connectivity index (χ2n) is 5.55. The topological polar surface area (TPSA) is 15.7 Å². The van der Waals surface area contributed by atoms with Crippen LogP contribution in [0.15, 0.2) is 0 Å². The first-order valence-electron chi connectivity index (χ1n) is 7.37. The van der Waals surface area contributed by atoms with E-state index in [4.69, 9.17) is 4.74 Å². The quantitative estimate of drug-likeness (QED) is 0.747. The lowest BCUT2D eigenvalue weighted by molar-refractivity contribution is -0.00285. The first-order chi connectivity index (χ1) is 8.31. The highest BCUT2D eigenvalue weighted by Gasteiger charge is 2.27. The van der Waals surface area contributed by atoms with Crippen molar-refractivity contribution < 1.29 is 4.74 Å². The Morgan fingerprint density at radius 1 is 1.12 bits per heavy atom. The van der Waals surface area contributed by atoms with E-state index < -0.39 is 0 Å². The summed E-state index contributed by atoms with van der Waals surface area (Å²) in [6, 6.07) is 1.61. The van der Waals surface area contributed by atoms with E-state index in [1.807, 2.05) is 0 Å². The molecule has 2 fully saturated rings. The van der Waals surface area contributed by atoms with Gasteiger partial charge in [0.25, 0.3) is 0 Å². The van der Waals surface area contributed by atoms with Gasteiger partial charge in [-0.15, -0.1) is 0 Å². The summed E-state index contributed by atoms with van der Waals surface area (Å²) in [5.74, 6) is 0. The summed E-state index contributed by atoms with van der Waals surface area (Å²) in [5, 5.41) is 0. The smallest absolute Gasteiger partial charge is 0.0594 e. The van der Waals surface area contributed by atoms with Gasteiger partial charge in [0.2, 0.25) is 0 Å². The third-order valence-electron chi connectivity index (χ3n) is 4.39. The zero-order chi connectivity index (χ0) is 12.1. The average molecular weight is 240 g/mol. The Hall–Kier alpha value is -0.120. The zero-order valence-corrected chi connectivity index (χ0v) is 11.5. The molecule has 2 saturated heterocycles. The van der Waals surface area contributed by atoms with Crippen LogP contribution in [0.3, 0.4) is 0 Å². The van der Waals surface area contributed by atoms with Crippen LogP contribution >= 0.6 is 0 Å². The van der Waals surface area contributed by atoms with Crippen molar-refractivity contribution in [3.05, 3.63) is 0 Å². The molecule has 0 amide bonds. The molecule has 2 aliphatic heterocycles. The first-order valence-corrected chi connectivity index (χ1v) is 7.37. The first kappa shape index (κ1) is 13.3. The summed E-state index contributed by atoms with van der Waals surface area (Å²) in [5.41, 5.74) is 0. The van der Waals surface area contributed by atoms with E-state index in [9.17, 15) is 0 Å². The molecule has 0 aromatic carbocycles. The molecule has 1 atom stereocenters. The average Bonchev–Trinajstić information content (AvgIpc) is 2.40. The fourth-order valence-corrected chi connectivity index (χ4v) is 3.23. The second kappa shape index (κ2) is 6.72. The molecular formula is C14H28N2O. The Morgan fingerprint density at radius 2 is 1.76 bits per heavy atom. The molecule has 0 radical (unpaired) electrons. The highest BCUT2D eigenvalue weighted by Crippen LogP contribution is 2.20. The lowest BCUT2D eigenvalue weighted by Crippen LogP contribution is -2.50. The van der Waals surface area contributed by atoms with Gasteiger partial charge in [0, 0.05) is 25.2 Å². The molecule has 2 heterocycles. The third-order valence-corrected chi connectivity index (χ3v) is 4.39. The van der Waals surface area contributed by atoms with Gasteiger partial charge in [-0.1, -0.05) is 13.3 Å². The summed E-state index contributed by atoms with van der Waals surface area (Å²) in [7, 11) is 0. The van der Waals surface area contributed by atoms with Crippen molar-refractivity contribution in [3.63, 3.8) is 0 Å². The number of ether oxygens (including phenoxy) is 1. The van der Waals surface area contributed by atoms with E-state index in [1.165, 1.54) is 38.8 Å². The molecule has 3 nitrogen and oxygen atoms in total. The van der Waals surface area contributed by atoms with Crippen LogP contribution in [-0.4, -0.2) is 61.3 Å². The van der Waals surface area contributed by atoms with Crippen LogP contribution in [0.1, 0.15) is 39.5 Å². The molecule has 0 aromatic rings. The van der Waals surface area contributed by atoms with E-state index in [2.05, 4.69) is 23.6 Å². The maximum atomic E-state index is 5.43. The minimum Gasteiger partial charge on any atom is -0.379 e. The Kier molecular flexibility index (Phi) is 5.26. The molecule has 0 aliphatic carbocycles. The van der Waals surface area contributed by atoms with E-state index in [0.29, 0.717) is 0 Å². The molecule has 0 spiro atoms. The summed E-state index contributed by atoms with van der Waals surface area (Å²) >= 11 is 0. The highest BCUT2D eigenvalue weighted by atomic mass is 16.5. The van der Waals surface area contributed by atoms with Gasteiger partial charge in [-0.2, -0.15) is 0 Å². The van der Waals surface area contributed by atoms with E-state index in [1.54, 1.807) is 0 Å². The summed E-state index contributed by atoms with van der Waals surface area (Å²) < 4.78 is 5.43. The van der Waals surface area contributed by atoms with Gasteiger partial charge in [-0.25, -0.2) is 0 Å². The number of hydrogen-bond donors (Lipinski definition) is 0. The molecule has 17 heavy (non-hydrogen) atoms. The number of hydrogen-bond acceptors (Lipinski definition) is 3. The van der Waals surface area contributed by atoms with Crippen LogP contribution < -0.4 is 0 Å². The van der Waals surface area contributed by atoms with Crippen molar-refractivity contribution in [2.75, 3.05) is 39.4 Å². The summed E-state index contributed by atoms with van der Waals surface area (Å²) in [6.07, 6.45) is 5.37. The van der Waals surface area contributed by atoms with Crippen LogP contribution in [-0.2, 0) is 4.74 Å². The number of morpholine rings is 1. The Balaban J connectivity index is 1.73. The molecule has 100 valence electrons. The molecule has 0 saturated carbocycles. The Morgan fingerprint density at radius 3 is 2.35 bits per heavy atom. The maximum Gasteiger partial charge on any atom is 0.0594 e. The highest BCUT2D eigenvalue weighted by molar-refractivity contribution is 4.82. The zero-order valence-electron chi connectivity index (χ0n) is 11.5. The number of likely N-dealkylation sites (tertiary alicyclic amines) is 1. The van der Waals surface area contributed by atoms with Gasteiger partial charge in [-0.05, 0) is 39.3 Å². The molecular weight excluding hydrogens is 212 g/mol. The van der Waals surface area contributed by atoms with Crippen LogP contribution in [0.2, 0.25) is 0 Å². The van der Waals surface area contributed by atoms with Crippen molar-refractivity contribution in [1.29, 1.82) is 0 Å². The van der Waals surface area contributed by atoms with Gasteiger partial charge in [-0.3, -0.25) is 4.90 Å². The molecule has 0 bridgehead atoms. The van der Waals surface area contributed by atoms with E-state index in [0.717, 1.165) is 38.4 Å². The fourth-order valence-electron chi connectivity index (χ4n) is 3.23. The number of nitrogens with zero attached hydrogens (tertiary/aromatic N) is 2. The number of piperidine rings is 1. The number of rotatable bonds is 4. The van der Waals surface area contributed by atoms with Crippen molar-refractivity contribution in [3.8, 4) is 0 Å². The molecule has 1 unspecified atom stereocenters. The molecule has 2 rings (SSSR count). The SMILES string of the molecule is CCCC(C)N1CCC(N2CCOCC2)CC1. The predicted molar refractivity (Wildman–Crippen MR) is 71.4 cm³/mol. The van der Waals surface area contributed by atoms with Gasteiger partial charge in [0.05, 0.1) is 13.2 Å². The van der Waals surface area contributed by atoms with Gasteiger partial charge < -0.3 is 9.64 Å². The molecule has 3 heteroatoms. The van der Waals surface area contributed by atoms with Crippen molar-refractivity contribution >= 4 is 0 Å². The minimum absolute atomic E-state index is 0.783. The predicted octanol–water partition coefficient (Wildman–Crippen LogP) is 1.97. The van der Waals surface area contributed by atoms with Crippen LogP contribution in [0.25, 0.3) is 0 Å². The lowest BCUT2D eigenvalue weighted by Gasteiger charge is -2.41. The van der Waals surface area contributed by atoms with E-state index in [-0.39, 0.29) is 0 Å². The van der Waals surface area contributed by atoms with Gasteiger partial charge in [0.15, 0.2) is 0 Å². The van der Waals surface area contributed by atoms with Crippen LogP contribution in [0, 0.1) is 0 Å². The van der Waals surface area contributed by atoms with Crippen molar-refractivity contribution in [1.82, 2.24) is 9.80 Å². The van der Waals surface area contributed by atoms with Crippen molar-refractivity contribution in [2.45, 2.75) is 51.6 Å². The van der Waals surface area contributed by atoms with Gasteiger partial charge >= 0.3 is 0 Å². The Bertz CT molecular complexity index is 208.